The first kappa shape index (κ1) is 11.6. The van der Waals surface area contributed by atoms with Gasteiger partial charge in [0.25, 0.3) is 0 Å². The summed E-state index contributed by atoms with van der Waals surface area (Å²) >= 11 is 0. The number of aldehydes is 1. The molecule has 17 heavy (non-hydrogen) atoms. The second-order valence-electron chi connectivity index (χ2n) is 4.11. The number of benzene rings is 1. The van der Waals surface area contributed by atoms with E-state index in [1.807, 2.05) is 17.0 Å². The molecule has 2 rings (SSSR count). The highest BCUT2D eigenvalue weighted by molar-refractivity contribution is 5.79. The SMILES string of the molecule is COC(=O)CN1CCCc2cc(C=O)ccc21. The van der Waals surface area contributed by atoms with E-state index in [0.29, 0.717) is 5.56 Å². The predicted molar refractivity (Wildman–Crippen MR) is 64.4 cm³/mol. The summed E-state index contributed by atoms with van der Waals surface area (Å²) in [5.41, 5.74) is 2.85. The Labute approximate surface area is 100 Å². The van der Waals surface area contributed by atoms with Crippen LogP contribution in [-0.4, -0.2) is 32.5 Å². The van der Waals surface area contributed by atoms with Crippen molar-refractivity contribution in [2.75, 3.05) is 25.1 Å². The van der Waals surface area contributed by atoms with Crippen molar-refractivity contribution in [3.05, 3.63) is 29.3 Å². The van der Waals surface area contributed by atoms with Crippen LogP contribution in [0.4, 0.5) is 5.69 Å². The number of hydrogen-bond donors (Lipinski definition) is 0. The van der Waals surface area contributed by atoms with Crippen LogP contribution in [0.2, 0.25) is 0 Å². The molecular weight excluding hydrogens is 218 g/mol. The maximum absolute atomic E-state index is 11.3. The summed E-state index contributed by atoms with van der Waals surface area (Å²) < 4.78 is 4.68. The normalized spacial score (nSPS) is 14.1. The number of carbonyl (C=O) groups excluding carboxylic acids is 2. The summed E-state index contributed by atoms with van der Waals surface area (Å²) in [7, 11) is 1.39. The number of hydrogen-bond acceptors (Lipinski definition) is 4. The number of ether oxygens (including phenoxy) is 1. The van der Waals surface area contributed by atoms with Gasteiger partial charge in [0.05, 0.1) is 7.11 Å². The number of anilines is 1. The minimum absolute atomic E-state index is 0.239. The van der Waals surface area contributed by atoms with Crippen molar-refractivity contribution in [2.45, 2.75) is 12.8 Å². The molecule has 1 aliphatic rings. The molecule has 0 spiro atoms. The number of fused-ring (bicyclic) bond motifs is 1. The predicted octanol–water partition coefficient (Wildman–Crippen LogP) is 1.42. The molecule has 0 unspecified atom stereocenters. The zero-order valence-electron chi connectivity index (χ0n) is 9.81. The van der Waals surface area contributed by atoms with E-state index in [-0.39, 0.29) is 12.5 Å². The number of nitrogens with zero attached hydrogens (tertiary/aromatic N) is 1. The summed E-state index contributed by atoms with van der Waals surface area (Å²) in [5, 5.41) is 0. The Morgan fingerprint density at radius 3 is 3.06 bits per heavy atom. The largest absolute Gasteiger partial charge is 0.468 e. The molecular formula is C13H15NO3. The van der Waals surface area contributed by atoms with Crippen LogP contribution in [0, 0.1) is 0 Å². The fourth-order valence-electron chi connectivity index (χ4n) is 2.15. The van der Waals surface area contributed by atoms with E-state index < -0.39 is 0 Å². The van der Waals surface area contributed by atoms with Gasteiger partial charge in [0.1, 0.15) is 12.8 Å². The second-order valence-corrected chi connectivity index (χ2v) is 4.11. The Balaban J connectivity index is 2.25. The van der Waals surface area contributed by atoms with Crippen molar-refractivity contribution >= 4 is 17.9 Å². The highest BCUT2D eigenvalue weighted by atomic mass is 16.5. The maximum atomic E-state index is 11.3. The Hall–Kier alpha value is -1.84. The van der Waals surface area contributed by atoms with E-state index >= 15 is 0 Å². The molecule has 0 N–H and O–H groups in total. The van der Waals surface area contributed by atoms with Crippen LogP contribution in [0.15, 0.2) is 18.2 Å². The molecule has 0 aromatic heterocycles. The van der Waals surface area contributed by atoms with Crippen molar-refractivity contribution in [2.24, 2.45) is 0 Å². The monoisotopic (exact) mass is 233 g/mol. The lowest BCUT2D eigenvalue weighted by Gasteiger charge is -2.30. The number of esters is 1. The van der Waals surface area contributed by atoms with Crippen molar-refractivity contribution in [1.29, 1.82) is 0 Å². The summed E-state index contributed by atoms with van der Waals surface area (Å²) in [6.07, 6.45) is 2.79. The first-order valence-electron chi connectivity index (χ1n) is 5.64. The van der Waals surface area contributed by atoms with Crippen molar-refractivity contribution in [3.63, 3.8) is 0 Å². The molecule has 0 bridgehead atoms. The van der Waals surface area contributed by atoms with Gasteiger partial charge in [0.2, 0.25) is 0 Å². The minimum atomic E-state index is -0.239. The van der Waals surface area contributed by atoms with E-state index in [4.69, 9.17) is 0 Å². The molecule has 0 radical (unpaired) electrons. The second kappa shape index (κ2) is 4.99. The Bertz CT molecular complexity index is 442. The van der Waals surface area contributed by atoms with Crippen molar-refractivity contribution < 1.29 is 14.3 Å². The van der Waals surface area contributed by atoms with Gasteiger partial charge < -0.3 is 9.64 Å². The molecule has 1 aliphatic heterocycles. The van der Waals surface area contributed by atoms with Gasteiger partial charge in [-0.3, -0.25) is 9.59 Å². The van der Waals surface area contributed by atoms with E-state index in [1.54, 1.807) is 6.07 Å². The van der Waals surface area contributed by atoms with E-state index in [2.05, 4.69) is 4.74 Å². The fourth-order valence-corrected chi connectivity index (χ4v) is 2.15. The van der Waals surface area contributed by atoms with Crippen molar-refractivity contribution in [1.82, 2.24) is 0 Å². The molecule has 0 aliphatic carbocycles. The molecule has 0 fully saturated rings. The summed E-state index contributed by atoms with van der Waals surface area (Å²) in [6, 6.07) is 5.58. The van der Waals surface area contributed by atoms with Crippen LogP contribution < -0.4 is 4.90 Å². The third kappa shape index (κ3) is 2.46. The van der Waals surface area contributed by atoms with Crippen LogP contribution in [0.25, 0.3) is 0 Å². The first-order valence-corrected chi connectivity index (χ1v) is 5.64. The molecule has 0 amide bonds. The van der Waals surface area contributed by atoms with Gasteiger partial charge in [-0.15, -0.1) is 0 Å². The molecule has 4 nitrogen and oxygen atoms in total. The molecule has 0 atom stereocenters. The Kier molecular flexibility index (Phi) is 3.42. The molecule has 4 heteroatoms. The van der Waals surface area contributed by atoms with Crippen LogP contribution in [0.3, 0.4) is 0 Å². The standard InChI is InChI=1S/C13H15NO3/c1-17-13(16)8-14-6-2-3-11-7-10(9-15)4-5-12(11)14/h4-5,7,9H,2-3,6,8H2,1H3. The smallest absolute Gasteiger partial charge is 0.325 e. The number of aryl methyl sites for hydroxylation is 1. The summed E-state index contributed by atoms with van der Waals surface area (Å²) in [6.45, 7) is 1.12. The molecule has 1 aromatic carbocycles. The average molecular weight is 233 g/mol. The summed E-state index contributed by atoms with van der Waals surface area (Å²) in [5.74, 6) is -0.239. The van der Waals surface area contributed by atoms with Gasteiger partial charge in [0, 0.05) is 17.8 Å². The van der Waals surface area contributed by atoms with Crippen molar-refractivity contribution in [3.8, 4) is 0 Å². The molecule has 1 aromatic rings. The van der Waals surface area contributed by atoms with Gasteiger partial charge in [-0.2, -0.15) is 0 Å². The zero-order valence-corrected chi connectivity index (χ0v) is 9.81. The lowest BCUT2D eigenvalue weighted by molar-refractivity contribution is -0.138. The number of carbonyl (C=O) groups is 2. The third-order valence-electron chi connectivity index (χ3n) is 3.00. The topological polar surface area (TPSA) is 46.6 Å². The lowest BCUT2D eigenvalue weighted by atomic mass is 9.99. The summed E-state index contributed by atoms with van der Waals surface area (Å²) in [4.78, 5) is 24.0. The van der Waals surface area contributed by atoms with Crippen LogP contribution >= 0.6 is 0 Å². The quantitative estimate of drug-likeness (QED) is 0.585. The van der Waals surface area contributed by atoms with Crippen LogP contribution in [0.5, 0.6) is 0 Å². The third-order valence-corrected chi connectivity index (χ3v) is 3.00. The highest BCUT2D eigenvalue weighted by Gasteiger charge is 2.19. The van der Waals surface area contributed by atoms with Gasteiger partial charge in [0.15, 0.2) is 0 Å². The lowest BCUT2D eigenvalue weighted by Crippen LogP contribution is -2.34. The highest BCUT2D eigenvalue weighted by Crippen LogP contribution is 2.27. The van der Waals surface area contributed by atoms with Gasteiger partial charge in [-0.1, -0.05) is 0 Å². The minimum Gasteiger partial charge on any atom is -0.468 e. The Morgan fingerprint density at radius 2 is 2.35 bits per heavy atom. The van der Waals surface area contributed by atoms with Gasteiger partial charge >= 0.3 is 5.97 Å². The van der Waals surface area contributed by atoms with E-state index in [1.165, 1.54) is 7.11 Å². The number of methoxy groups -OCH3 is 1. The maximum Gasteiger partial charge on any atom is 0.325 e. The van der Waals surface area contributed by atoms with Gasteiger partial charge in [-0.05, 0) is 36.6 Å². The first-order chi connectivity index (χ1) is 8.24. The molecule has 0 saturated carbocycles. The molecule has 0 saturated heterocycles. The molecule has 1 heterocycles. The zero-order chi connectivity index (χ0) is 12.3. The fraction of sp³-hybridized carbons (Fsp3) is 0.385. The number of rotatable bonds is 3. The van der Waals surface area contributed by atoms with Gasteiger partial charge in [-0.25, -0.2) is 0 Å². The van der Waals surface area contributed by atoms with Crippen LogP contribution in [0.1, 0.15) is 22.3 Å². The van der Waals surface area contributed by atoms with E-state index in [0.717, 1.165) is 36.9 Å². The molecule has 90 valence electrons. The Morgan fingerprint density at radius 1 is 1.53 bits per heavy atom. The van der Waals surface area contributed by atoms with E-state index in [9.17, 15) is 9.59 Å². The van der Waals surface area contributed by atoms with Crippen LogP contribution in [-0.2, 0) is 16.0 Å². The average Bonchev–Trinajstić information content (AvgIpc) is 2.38.